The predicted octanol–water partition coefficient (Wildman–Crippen LogP) is 2.05. The summed E-state index contributed by atoms with van der Waals surface area (Å²) >= 11 is 0. The Balaban J connectivity index is 4.30. The highest BCUT2D eigenvalue weighted by Crippen LogP contribution is 2.12. The zero-order valence-electron chi connectivity index (χ0n) is 13.7. The average Bonchev–Trinajstić information content (AvgIpc) is 2.31. The first-order chi connectivity index (χ1) is 9.17. The monoisotopic (exact) mass is 305 g/mol. The predicted molar refractivity (Wildman–Crippen MR) is 84.0 cm³/mol. The van der Waals surface area contributed by atoms with Crippen molar-refractivity contribution in [2.24, 2.45) is 5.92 Å². The fourth-order valence-corrected chi connectivity index (χ4v) is 2.42. The molecule has 0 aromatic heterocycles. The van der Waals surface area contributed by atoms with Crippen molar-refractivity contribution in [1.82, 2.24) is 5.32 Å². The number of nitrogens with one attached hydrogen (secondary N) is 1. The average molecular weight is 305 g/mol. The molecule has 0 saturated carbocycles. The second-order valence-electron chi connectivity index (χ2n) is 6.62. The number of rotatable bonds is 11. The van der Waals surface area contributed by atoms with Crippen molar-refractivity contribution < 1.29 is 19.4 Å². The zero-order valence-corrected chi connectivity index (χ0v) is 14.7. The molecule has 0 aliphatic rings. The summed E-state index contributed by atoms with van der Waals surface area (Å²) in [6.07, 6.45) is -0.0203. The van der Waals surface area contributed by atoms with Gasteiger partial charge in [0.25, 0.3) is 0 Å². The minimum Gasteiger partial charge on any atom is -0.480 e. The largest absolute Gasteiger partial charge is 0.480 e. The molecule has 0 radical (unpaired) electrons. The zero-order chi connectivity index (χ0) is 15.8. The van der Waals surface area contributed by atoms with Crippen molar-refractivity contribution in [3.63, 3.8) is 0 Å². The van der Waals surface area contributed by atoms with E-state index in [1.807, 2.05) is 0 Å². The van der Waals surface area contributed by atoms with Crippen LogP contribution in [0.1, 0.15) is 13.8 Å². The van der Waals surface area contributed by atoms with E-state index in [1.165, 1.54) is 0 Å². The molecule has 0 spiro atoms. The van der Waals surface area contributed by atoms with Gasteiger partial charge in [0, 0.05) is 34.3 Å². The molecule has 0 aliphatic carbocycles. The number of hydrogen-bond acceptors (Lipinski definition) is 4. The molecular formula is C14H31NO4Si. The summed E-state index contributed by atoms with van der Waals surface area (Å²) in [6.45, 7) is 12.5. The van der Waals surface area contributed by atoms with Gasteiger partial charge in [-0.3, -0.25) is 4.79 Å². The van der Waals surface area contributed by atoms with Crippen LogP contribution in [0.15, 0.2) is 0 Å². The number of carboxylic acids is 1. The maximum absolute atomic E-state index is 10.8. The molecule has 5 nitrogen and oxygen atoms in total. The van der Waals surface area contributed by atoms with Gasteiger partial charge in [-0.15, -0.1) is 0 Å². The standard InChI is InChI=1S/C14H31NO4Si/c1-11(10-18-3)13(9-15-12(2)14(16)17)19-7-8-20(4,5)6/h11-13,15H,7-10H2,1-6H3,(H,16,17)/t11?,12-,13?/m0/s1. The quantitative estimate of drug-likeness (QED) is 0.572. The van der Waals surface area contributed by atoms with E-state index in [0.717, 1.165) is 12.7 Å². The highest BCUT2D eigenvalue weighted by Gasteiger charge is 2.21. The van der Waals surface area contributed by atoms with E-state index in [4.69, 9.17) is 14.6 Å². The van der Waals surface area contributed by atoms with Gasteiger partial charge in [-0.25, -0.2) is 0 Å². The van der Waals surface area contributed by atoms with Crippen LogP contribution < -0.4 is 5.32 Å². The van der Waals surface area contributed by atoms with Gasteiger partial charge in [-0.05, 0) is 13.0 Å². The Morgan fingerprint density at radius 2 is 1.90 bits per heavy atom. The van der Waals surface area contributed by atoms with Gasteiger partial charge in [-0.2, -0.15) is 0 Å². The van der Waals surface area contributed by atoms with Gasteiger partial charge in [0.2, 0.25) is 0 Å². The SMILES string of the molecule is COCC(C)C(CN[C@@H](C)C(=O)O)OCC[Si](C)(C)C. The molecule has 2 unspecified atom stereocenters. The summed E-state index contributed by atoms with van der Waals surface area (Å²) in [5.74, 6) is -0.611. The second-order valence-corrected chi connectivity index (χ2v) is 12.2. The van der Waals surface area contributed by atoms with Gasteiger partial charge >= 0.3 is 5.97 Å². The molecule has 0 aliphatic heterocycles. The Bertz CT molecular complexity index is 281. The fourth-order valence-electron chi connectivity index (χ4n) is 1.69. The van der Waals surface area contributed by atoms with Crippen molar-refractivity contribution in [3.05, 3.63) is 0 Å². The van der Waals surface area contributed by atoms with Crippen LogP contribution in [0.5, 0.6) is 0 Å². The van der Waals surface area contributed by atoms with Gasteiger partial charge in [0.1, 0.15) is 6.04 Å². The van der Waals surface area contributed by atoms with Crippen LogP contribution in [0.3, 0.4) is 0 Å². The van der Waals surface area contributed by atoms with Gasteiger partial charge in [-0.1, -0.05) is 26.6 Å². The van der Waals surface area contributed by atoms with Crippen LogP contribution >= 0.6 is 0 Å². The highest BCUT2D eigenvalue weighted by molar-refractivity contribution is 6.76. The van der Waals surface area contributed by atoms with E-state index in [1.54, 1.807) is 14.0 Å². The van der Waals surface area contributed by atoms with Crippen molar-refractivity contribution in [1.29, 1.82) is 0 Å². The fraction of sp³-hybridized carbons (Fsp3) is 0.929. The van der Waals surface area contributed by atoms with E-state index in [0.29, 0.717) is 13.2 Å². The lowest BCUT2D eigenvalue weighted by Gasteiger charge is -2.26. The topological polar surface area (TPSA) is 67.8 Å². The molecule has 0 heterocycles. The number of carbonyl (C=O) groups is 1. The molecule has 0 fully saturated rings. The summed E-state index contributed by atoms with van der Waals surface area (Å²) in [6, 6.07) is 0.547. The van der Waals surface area contributed by atoms with Crippen LogP contribution in [0.2, 0.25) is 25.7 Å². The first kappa shape index (κ1) is 19.6. The number of carboxylic acid groups (broad SMARTS) is 1. The maximum Gasteiger partial charge on any atom is 0.320 e. The number of methoxy groups -OCH3 is 1. The van der Waals surface area contributed by atoms with Crippen LogP contribution in [0.25, 0.3) is 0 Å². The third-order valence-corrected chi connectivity index (χ3v) is 4.95. The van der Waals surface area contributed by atoms with Gasteiger partial charge in [0.15, 0.2) is 0 Å². The highest BCUT2D eigenvalue weighted by atomic mass is 28.3. The van der Waals surface area contributed by atoms with E-state index in [2.05, 4.69) is 31.9 Å². The molecule has 3 atom stereocenters. The Kier molecular flexibility index (Phi) is 9.29. The van der Waals surface area contributed by atoms with Gasteiger partial charge < -0.3 is 19.9 Å². The minimum absolute atomic E-state index is 0.0203. The molecular weight excluding hydrogens is 274 g/mol. The van der Waals surface area contributed by atoms with E-state index in [-0.39, 0.29) is 12.0 Å². The number of hydrogen-bond donors (Lipinski definition) is 2. The molecule has 0 bridgehead atoms. The van der Waals surface area contributed by atoms with Gasteiger partial charge in [0.05, 0.1) is 12.7 Å². The number of aliphatic carboxylic acids is 1. The summed E-state index contributed by atoms with van der Waals surface area (Å²) in [4.78, 5) is 10.8. The third-order valence-electron chi connectivity index (χ3n) is 3.24. The lowest BCUT2D eigenvalue weighted by molar-refractivity contribution is -0.139. The molecule has 0 saturated heterocycles. The lowest BCUT2D eigenvalue weighted by atomic mass is 10.1. The second kappa shape index (κ2) is 9.49. The Labute approximate surface area is 124 Å². The molecule has 0 rings (SSSR count). The van der Waals surface area contributed by atoms with Crippen molar-refractivity contribution in [2.75, 3.05) is 26.9 Å². The van der Waals surface area contributed by atoms with E-state index >= 15 is 0 Å². The number of ether oxygens (including phenoxy) is 2. The molecule has 120 valence electrons. The molecule has 2 N–H and O–H groups in total. The molecule has 6 heteroatoms. The minimum atomic E-state index is -1.11. The van der Waals surface area contributed by atoms with E-state index in [9.17, 15) is 4.79 Å². The smallest absolute Gasteiger partial charge is 0.320 e. The first-order valence-electron chi connectivity index (χ1n) is 7.24. The molecule has 0 aromatic rings. The van der Waals surface area contributed by atoms with E-state index < -0.39 is 20.1 Å². The van der Waals surface area contributed by atoms with Crippen molar-refractivity contribution >= 4 is 14.0 Å². The van der Waals surface area contributed by atoms with Crippen molar-refractivity contribution in [2.45, 2.75) is 51.7 Å². The molecule has 0 amide bonds. The third kappa shape index (κ3) is 9.47. The Hall–Kier alpha value is -0.433. The summed E-state index contributed by atoms with van der Waals surface area (Å²) < 4.78 is 11.1. The van der Waals surface area contributed by atoms with Crippen LogP contribution in [-0.2, 0) is 14.3 Å². The van der Waals surface area contributed by atoms with Crippen LogP contribution in [0, 0.1) is 5.92 Å². The Morgan fingerprint density at radius 1 is 1.30 bits per heavy atom. The summed E-state index contributed by atoms with van der Waals surface area (Å²) in [7, 11) is 0.559. The normalized spacial score (nSPS) is 16.7. The summed E-state index contributed by atoms with van der Waals surface area (Å²) in [5, 5.41) is 11.9. The molecule has 0 aromatic carbocycles. The van der Waals surface area contributed by atoms with Crippen LogP contribution in [0.4, 0.5) is 0 Å². The first-order valence-corrected chi connectivity index (χ1v) is 10.9. The van der Waals surface area contributed by atoms with Crippen molar-refractivity contribution in [3.8, 4) is 0 Å². The van der Waals surface area contributed by atoms with Crippen LogP contribution in [-0.4, -0.2) is 58.2 Å². The Morgan fingerprint density at radius 3 is 2.35 bits per heavy atom. The summed E-state index contributed by atoms with van der Waals surface area (Å²) in [5.41, 5.74) is 0. The maximum atomic E-state index is 10.8. The lowest BCUT2D eigenvalue weighted by Crippen LogP contribution is -2.43. The molecule has 20 heavy (non-hydrogen) atoms.